The van der Waals surface area contributed by atoms with E-state index < -0.39 is 0 Å². The van der Waals surface area contributed by atoms with Gasteiger partial charge in [-0.2, -0.15) is 0 Å². The Labute approximate surface area is 115 Å². The Morgan fingerprint density at radius 1 is 1.42 bits per heavy atom. The van der Waals surface area contributed by atoms with Crippen LogP contribution in [-0.2, 0) is 9.53 Å². The second kappa shape index (κ2) is 4.90. The van der Waals surface area contributed by atoms with Crippen LogP contribution in [-0.4, -0.2) is 23.6 Å². The molecule has 1 saturated heterocycles. The van der Waals surface area contributed by atoms with E-state index >= 15 is 0 Å². The second-order valence-electron chi connectivity index (χ2n) is 4.91. The predicted molar refractivity (Wildman–Crippen MR) is 76.7 cm³/mol. The van der Waals surface area contributed by atoms with Crippen molar-refractivity contribution in [1.82, 2.24) is 4.98 Å². The molecule has 0 spiro atoms. The van der Waals surface area contributed by atoms with E-state index in [1.165, 1.54) is 22.5 Å². The van der Waals surface area contributed by atoms with E-state index in [-0.39, 0.29) is 12.0 Å². The molecule has 0 saturated carbocycles. The third-order valence-corrected chi connectivity index (χ3v) is 4.39. The molecule has 5 heteroatoms. The van der Waals surface area contributed by atoms with Gasteiger partial charge in [0.25, 0.3) is 5.91 Å². The molecular formula is C14H16N2O2S. The molecule has 1 aliphatic heterocycles. The van der Waals surface area contributed by atoms with Gasteiger partial charge in [-0.3, -0.25) is 10.1 Å². The van der Waals surface area contributed by atoms with Crippen LogP contribution in [0.25, 0.3) is 10.2 Å². The standard InChI is InChI=1S/C14H16N2O2S/c1-8-6-10-12(7-9(8)2)19-14(15-10)16-13(17)11-4-3-5-18-11/h6-7,11H,3-5H2,1-2H3,(H,15,16,17)/t11-/m0/s1. The number of fused-ring (bicyclic) bond motifs is 1. The summed E-state index contributed by atoms with van der Waals surface area (Å²) in [6.07, 6.45) is 1.45. The smallest absolute Gasteiger partial charge is 0.255 e. The topological polar surface area (TPSA) is 51.2 Å². The van der Waals surface area contributed by atoms with Crippen molar-refractivity contribution < 1.29 is 9.53 Å². The third-order valence-electron chi connectivity index (χ3n) is 3.46. The summed E-state index contributed by atoms with van der Waals surface area (Å²) in [6, 6.07) is 4.17. The summed E-state index contributed by atoms with van der Waals surface area (Å²) >= 11 is 1.51. The lowest BCUT2D eigenvalue weighted by Gasteiger charge is -2.07. The van der Waals surface area contributed by atoms with Crippen molar-refractivity contribution in [1.29, 1.82) is 0 Å². The van der Waals surface area contributed by atoms with Crippen molar-refractivity contribution >= 4 is 32.6 Å². The molecule has 4 nitrogen and oxygen atoms in total. The Balaban J connectivity index is 1.83. The molecule has 1 aromatic heterocycles. The van der Waals surface area contributed by atoms with Crippen LogP contribution in [0, 0.1) is 13.8 Å². The molecule has 0 radical (unpaired) electrons. The number of anilines is 1. The highest BCUT2D eigenvalue weighted by atomic mass is 32.1. The van der Waals surface area contributed by atoms with E-state index in [9.17, 15) is 4.79 Å². The molecule has 1 N–H and O–H groups in total. The molecular weight excluding hydrogens is 260 g/mol. The molecule has 2 heterocycles. The van der Waals surface area contributed by atoms with Gasteiger partial charge in [0.15, 0.2) is 5.13 Å². The average molecular weight is 276 g/mol. The summed E-state index contributed by atoms with van der Waals surface area (Å²) in [7, 11) is 0. The Morgan fingerprint density at radius 3 is 2.95 bits per heavy atom. The van der Waals surface area contributed by atoms with E-state index in [0.717, 1.165) is 23.1 Å². The molecule has 0 aliphatic carbocycles. The number of carbonyl (C=O) groups excluding carboxylic acids is 1. The fraction of sp³-hybridized carbons (Fsp3) is 0.429. The highest BCUT2D eigenvalue weighted by Crippen LogP contribution is 2.28. The lowest BCUT2D eigenvalue weighted by atomic mass is 10.1. The Bertz CT molecular complexity index is 591. The SMILES string of the molecule is Cc1cc2nc(NC(=O)[C@@H]3CCCO3)sc2cc1C. The van der Waals surface area contributed by atoms with Gasteiger partial charge in [0.2, 0.25) is 0 Å². The molecule has 1 amide bonds. The van der Waals surface area contributed by atoms with Crippen molar-refractivity contribution in [2.75, 3.05) is 11.9 Å². The van der Waals surface area contributed by atoms with Crippen molar-refractivity contribution in [3.63, 3.8) is 0 Å². The number of hydrogen-bond acceptors (Lipinski definition) is 4. The first-order chi connectivity index (χ1) is 9.13. The fourth-order valence-corrected chi connectivity index (χ4v) is 3.15. The summed E-state index contributed by atoms with van der Waals surface area (Å²) in [5, 5.41) is 3.51. The summed E-state index contributed by atoms with van der Waals surface area (Å²) in [6.45, 7) is 4.83. The lowest BCUT2D eigenvalue weighted by molar-refractivity contribution is -0.124. The van der Waals surface area contributed by atoms with Crippen LogP contribution in [0.1, 0.15) is 24.0 Å². The largest absolute Gasteiger partial charge is 0.368 e. The molecule has 1 atom stereocenters. The molecule has 19 heavy (non-hydrogen) atoms. The Hall–Kier alpha value is -1.46. The monoisotopic (exact) mass is 276 g/mol. The lowest BCUT2D eigenvalue weighted by Crippen LogP contribution is -2.26. The summed E-state index contributed by atoms with van der Waals surface area (Å²) < 4.78 is 6.47. The van der Waals surface area contributed by atoms with Gasteiger partial charge in [-0.15, -0.1) is 0 Å². The number of aromatic nitrogens is 1. The average Bonchev–Trinajstić information content (AvgIpc) is 2.98. The van der Waals surface area contributed by atoms with Gasteiger partial charge in [-0.1, -0.05) is 11.3 Å². The summed E-state index contributed by atoms with van der Waals surface area (Å²) in [4.78, 5) is 16.4. The minimum atomic E-state index is -0.310. The number of nitrogens with one attached hydrogen (secondary N) is 1. The normalized spacial score (nSPS) is 18.9. The number of aryl methyl sites for hydroxylation is 2. The number of nitrogens with zero attached hydrogens (tertiary/aromatic N) is 1. The first-order valence-corrected chi connectivity index (χ1v) is 7.25. The van der Waals surface area contributed by atoms with E-state index in [1.54, 1.807) is 0 Å². The van der Waals surface area contributed by atoms with Gasteiger partial charge in [0.05, 0.1) is 10.2 Å². The van der Waals surface area contributed by atoms with Crippen molar-refractivity contribution in [3.05, 3.63) is 23.3 Å². The van der Waals surface area contributed by atoms with E-state index in [2.05, 4.69) is 36.3 Å². The van der Waals surface area contributed by atoms with Crippen LogP contribution in [0.4, 0.5) is 5.13 Å². The zero-order chi connectivity index (χ0) is 13.4. The van der Waals surface area contributed by atoms with E-state index in [1.807, 2.05) is 0 Å². The zero-order valence-electron chi connectivity index (χ0n) is 11.0. The Kier molecular flexibility index (Phi) is 3.24. The number of amides is 1. The Morgan fingerprint density at radius 2 is 2.21 bits per heavy atom. The molecule has 1 aliphatic rings. The number of thiazole rings is 1. The number of hydrogen-bond donors (Lipinski definition) is 1. The van der Waals surface area contributed by atoms with Gasteiger partial charge in [-0.05, 0) is 49.9 Å². The van der Waals surface area contributed by atoms with Crippen molar-refractivity contribution in [3.8, 4) is 0 Å². The van der Waals surface area contributed by atoms with Gasteiger partial charge in [0, 0.05) is 6.61 Å². The summed E-state index contributed by atoms with van der Waals surface area (Å²) in [5.41, 5.74) is 3.40. The van der Waals surface area contributed by atoms with Crippen LogP contribution in [0.3, 0.4) is 0 Å². The van der Waals surface area contributed by atoms with Gasteiger partial charge in [-0.25, -0.2) is 4.98 Å². The molecule has 3 rings (SSSR count). The van der Waals surface area contributed by atoms with Crippen LogP contribution in [0.2, 0.25) is 0 Å². The molecule has 1 aromatic carbocycles. The zero-order valence-corrected chi connectivity index (χ0v) is 11.8. The van der Waals surface area contributed by atoms with Crippen LogP contribution < -0.4 is 5.32 Å². The number of benzene rings is 1. The van der Waals surface area contributed by atoms with E-state index in [0.29, 0.717) is 11.7 Å². The highest BCUT2D eigenvalue weighted by molar-refractivity contribution is 7.22. The van der Waals surface area contributed by atoms with Crippen LogP contribution in [0.15, 0.2) is 12.1 Å². The molecule has 2 aromatic rings. The van der Waals surface area contributed by atoms with Crippen LogP contribution in [0.5, 0.6) is 0 Å². The molecule has 1 fully saturated rings. The maximum Gasteiger partial charge on any atom is 0.255 e. The summed E-state index contributed by atoms with van der Waals surface area (Å²) in [5.74, 6) is -0.0787. The van der Waals surface area contributed by atoms with Gasteiger partial charge >= 0.3 is 0 Å². The number of rotatable bonds is 2. The highest BCUT2D eigenvalue weighted by Gasteiger charge is 2.24. The molecule has 100 valence electrons. The van der Waals surface area contributed by atoms with Crippen LogP contribution >= 0.6 is 11.3 Å². The number of carbonyl (C=O) groups is 1. The first kappa shape index (κ1) is 12.6. The molecule has 0 bridgehead atoms. The van der Waals surface area contributed by atoms with Crippen molar-refractivity contribution in [2.45, 2.75) is 32.8 Å². The van der Waals surface area contributed by atoms with E-state index in [4.69, 9.17) is 4.74 Å². The maximum atomic E-state index is 12.0. The quantitative estimate of drug-likeness (QED) is 0.917. The maximum absolute atomic E-state index is 12.0. The molecule has 0 unspecified atom stereocenters. The van der Waals surface area contributed by atoms with Crippen molar-refractivity contribution in [2.24, 2.45) is 0 Å². The second-order valence-corrected chi connectivity index (χ2v) is 5.94. The first-order valence-electron chi connectivity index (χ1n) is 6.44. The third kappa shape index (κ3) is 2.48. The fourth-order valence-electron chi connectivity index (χ4n) is 2.20. The van der Waals surface area contributed by atoms with Gasteiger partial charge in [0.1, 0.15) is 6.10 Å². The minimum absolute atomic E-state index is 0.0787. The van der Waals surface area contributed by atoms with Gasteiger partial charge < -0.3 is 4.74 Å². The predicted octanol–water partition coefficient (Wildman–Crippen LogP) is 3.03. The minimum Gasteiger partial charge on any atom is -0.368 e. The number of ether oxygens (including phenoxy) is 1.